The molecule has 0 aliphatic rings. The molecule has 1 heterocycles. The number of sulfonamides is 1. The number of rotatable bonds is 8. The minimum absolute atomic E-state index is 0.214. The summed E-state index contributed by atoms with van der Waals surface area (Å²) >= 11 is 1.49. The molecule has 0 aliphatic carbocycles. The lowest BCUT2D eigenvalue weighted by atomic mass is 10.1. The molecule has 1 aromatic heterocycles. The first-order valence-corrected chi connectivity index (χ1v) is 12.8. The quantitative estimate of drug-likeness (QED) is 0.309. The molecule has 2 N–H and O–H groups in total. The summed E-state index contributed by atoms with van der Waals surface area (Å²) in [5.41, 5.74) is 1.79. The van der Waals surface area contributed by atoms with Crippen molar-refractivity contribution in [3.63, 3.8) is 0 Å². The van der Waals surface area contributed by atoms with Gasteiger partial charge in [0.2, 0.25) is 15.2 Å². The number of hydrogen-bond donors (Lipinski definition) is 1. The number of hydrogen-bond acceptors (Lipinski definition) is 6. The third-order valence-corrected chi connectivity index (χ3v) is 8.37. The summed E-state index contributed by atoms with van der Waals surface area (Å²) < 4.78 is 28.6. The first-order valence-electron chi connectivity index (χ1n) is 10.4. The Morgan fingerprint density at radius 2 is 1.69 bits per heavy atom. The van der Waals surface area contributed by atoms with Crippen molar-refractivity contribution in [2.24, 2.45) is 0 Å². The van der Waals surface area contributed by atoms with Crippen LogP contribution in [-0.2, 0) is 15.8 Å². The van der Waals surface area contributed by atoms with Crippen LogP contribution >= 0.6 is 11.8 Å². The second kappa shape index (κ2) is 9.32. The Balaban J connectivity index is 1.60. The van der Waals surface area contributed by atoms with Gasteiger partial charge in [0.15, 0.2) is 5.82 Å². The molecular formula is C23H25N5O2S2. The Hall–Kier alpha value is -2.88. The highest BCUT2D eigenvalue weighted by Crippen LogP contribution is 2.29. The number of aromatic nitrogens is 3. The Labute approximate surface area is 192 Å². The fraction of sp³-hybridized carbons (Fsp3) is 0.217. The highest BCUT2D eigenvalue weighted by molar-refractivity contribution is 7.98. The van der Waals surface area contributed by atoms with Crippen molar-refractivity contribution >= 4 is 32.6 Å². The second-order valence-corrected chi connectivity index (χ2v) is 10.1. The lowest BCUT2D eigenvalue weighted by molar-refractivity contribution is 0.445. The van der Waals surface area contributed by atoms with Crippen LogP contribution in [0.5, 0.6) is 0 Å². The minimum atomic E-state index is -3.57. The topological polar surface area (TPSA) is 94.1 Å². The van der Waals surface area contributed by atoms with Crippen molar-refractivity contribution in [3.8, 4) is 11.4 Å². The van der Waals surface area contributed by atoms with Gasteiger partial charge in [-0.3, -0.25) is 0 Å². The molecule has 0 spiro atoms. The molecule has 0 bridgehead atoms. The summed E-state index contributed by atoms with van der Waals surface area (Å²) in [6, 6.07) is 21.1. The lowest BCUT2D eigenvalue weighted by Crippen LogP contribution is -2.30. The highest BCUT2D eigenvalue weighted by atomic mass is 32.2. The van der Waals surface area contributed by atoms with E-state index in [1.165, 1.54) is 37.1 Å². The number of fused-ring (bicyclic) bond motifs is 1. The van der Waals surface area contributed by atoms with E-state index in [0.717, 1.165) is 0 Å². The van der Waals surface area contributed by atoms with Gasteiger partial charge in [-0.25, -0.2) is 13.1 Å². The highest BCUT2D eigenvalue weighted by Gasteiger charge is 2.23. The molecule has 9 heteroatoms. The zero-order chi connectivity index (χ0) is 22.7. The minimum Gasteiger partial charge on any atom is -0.335 e. The van der Waals surface area contributed by atoms with Crippen LogP contribution in [0.2, 0.25) is 0 Å². The predicted octanol–water partition coefficient (Wildman–Crippen LogP) is 4.13. The number of benzene rings is 3. The van der Waals surface area contributed by atoms with Gasteiger partial charge in [0.25, 0.3) is 0 Å². The van der Waals surface area contributed by atoms with E-state index in [0.29, 0.717) is 35.4 Å². The summed E-state index contributed by atoms with van der Waals surface area (Å²) in [6.45, 7) is 4.46. The normalized spacial score (nSPS) is 12.0. The zero-order valence-corrected chi connectivity index (χ0v) is 19.6. The summed E-state index contributed by atoms with van der Waals surface area (Å²) in [4.78, 5) is 0.214. The van der Waals surface area contributed by atoms with E-state index in [4.69, 9.17) is 5.84 Å². The SMILES string of the molecule is CCN(CC)S(=O)(=O)c1cccc(-c2nnc(SCc3cccc4ccccc34)n2N)c1. The van der Waals surface area contributed by atoms with E-state index >= 15 is 0 Å². The number of thioether (sulfide) groups is 1. The molecule has 4 rings (SSSR count). The molecule has 3 aromatic carbocycles. The molecule has 0 saturated heterocycles. The van der Waals surface area contributed by atoms with Gasteiger partial charge in [0, 0.05) is 24.4 Å². The van der Waals surface area contributed by atoms with Gasteiger partial charge in [-0.2, -0.15) is 4.31 Å². The first kappa shape index (κ1) is 22.3. The molecule has 0 aliphatic heterocycles. The fourth-order valence-electron chi connectivity index (χ4n) is 3.64. The van der Waals surface area contributed by atoms with Gasteiger partial charge in [-0.05, 0) is 28.5 Å². The maximum atomic E-state index is 12.9. The van der Waals surface area contributed by atoms with E-state index in [1.807, 2.05) is 32.0 Å². The van der Waals surface area contributed by atoms with Crippen LogP contribution in [0.3, 0.4) is 0 Å². The van der Waals surface area contributed by atoms with Crippen LogP contribution in [-0.4, -0.2) is 40.7 Å². The molecule has 0 atom stereocenters. The summed E-state index contributed by atoms with van der Waals surface area (Å²) in [5, 5.41) is 11.4. The van der Waals surface area contributed by atoms with E-state index in [2.05, 4.69) is 34.5 Å². The predicted molar refractivity (Wildman–Crippen MR) is 129 cm³/mol. The van der Waals surface area contributed by atoms with Crippen LogP contribution in [0.25, 0.3) is 22.2 Å². The lowest BCUT2D eigenvalue weighted by Gasteiger charge is -2.18. The summed E-state index contributed by atoms with van der Waals surface area (Å²) in [5.74, 6) is 7.40. The zero-order valence-electron chi connectivity index (χ0n) is 18.0. The molecule has 32 heavy (non-hydrogen) atoms. The maximum Gasteiger partial charge on any atom is 0.243 e. The molecule has 0 amide bonds. The Morgan fingerprint density at radius 1 is 0.969 bits per heavy atom. The van der Waals surface area contributed by atoms with Crippen molar-refractivity contribution < 1.29 is 8.42 Å². The van der Waals surface area contributed by atoms with Crippen molar-refractivity contribution in [1.29, 1.82) is 0 Å². The monoisotopic (exact) mass is 467 g/mol. The van der Waals surface area contributed by atoms with Crippen LogP contribution < -0.4 is 5.84 Å². The van der Waals surface area contributed by atoms with Crippen LogP contribution in [0.1, 0.15) is 19.4 Å². The largest absolute Gasteiger partial charge is 0.335 e. The summed E-state index contributed by atoms with van der Waals surface area (Å²) in [7, 11) is -3.57. The number of nitrogens with two attached hydrogens (primary N) is 1. The molecular weight excluding hydrogens is 442 g/mol. The van der Waals surface area contributed by atoms with Crippen molar-refractivity contribution in [1.82, 2.24) is 19.2 Å². The molecule has 0 saturated carbocycles. The van der Waals surface area contributed by atoms with E-state index in [9.17, 15) is 8.42 Å². The third kappa shape index (κ3) is 4.23. The van der Waals surface area contributed by atoms with Crippen LogP contribution in [0.4, 0.5) is 0 Å². The van der Waals surface area contributed by atoms with Crippen molar-refractivity contribution in [2.75, 3.05) is 18.9 Å². The third-order valence-electron chi connectivity index (χ3n) is 5.34. The molecule has 0 radical (unpaired) electrons. The molecule has 4 aromatic rings. The molecule has 0 fully saturated rings. The van der Waals surface area contributed by atoms with Gasteiger partial charge in [0.05, 0.1) is 4.90 Å². The van der Waals surface area contributed by atoms with Gasteiger partial charge < -0.3 is 5.84 Å². The van der Waals surface area contributed by atoms with E-state index < -0.39 is 10.0 Å². The fourth-order valence-corrected chi connectivity index (χ4v) is 6.01. The standard InChI is InChI=1S/C23H25N5O2S2/c1-3-27(4-2)32(29,30)20-13-8-11-18(15-20)22-25-26-23(28(22)24)31-16-19-12-7-10-17-9-5-6-14-21(17)19/h5-15H,3-4,16,24H2,1-2H3. The smallest absolute Gasteiger partial charge is 0.243 e. The molecule has 7 nitrogen and oxygen atoms in total. The van der Waals surface area contributed by atoms with Gasteiger partial charge in [0.1, 0.15) is 0 Å². The second-order valence-electron chi connectivity index (χ2n) is 7.22. The van der Waals surface area contributed by atoms with Crippen LogP contribution in [0.15, 0.2) is 76.8 Å². The number of nitrogens with zero attached hydrogens (tertiary/aromatic N) is 4. The average molecular weight is 468 g/mol. The van der Waals surface area contributed by atoms with E-state index in [1.54, 1.807) is 24.3 Å². The van der Waals surface area contributed by atoms with E-state index in [-0.39, 0.29) is 4.90 Å². The van der Waals surface area contributed by atoms with Gasteiger partial charge >= 0.3 is 0 Å². The van der Waals surface area contributed by atoms with Crippen LogP contribution in [0, 0.1) is 0 Å². The molecule has 166 valence electrons. The Bertz CT molecular complexity index is 1340. The Morgan fingerprint density at radius 3 is 2.47 bits per heavy atom. The Kier molecular flexibility index (Phi) is 6.50. The maximum absolute atomic E-state index is 12.9. The average Bonchev–Trinajstić information content (AvgIpc) is 3.18. The van der Waals surface area contributed by atoms with Crippen molar-refractivity contribution in [3.05, 3.63) is 72.3 Å². The molecule has 0 unspecified atom stereocenters. The first-order chi connectivity index (χ1) is 15.5. The van der Waals surface area contributed by atoms with Gasteiger partial charge in [-0.1, -0.05) is 80.2 Å². The van der Waals surface area contributed by atoms with Crippen molar-refractivity contribution in [2.45, 2.75) is 29.7 Å². The van der Waals surface area contributed by atoms with Gasteiger partial charge in [-0.15, -0.1) is 10.2 Å². The number of nitrogen functional groups attached to an aromatic ring is 1. The summed E-state index contributed by atoms with van der Waals surface area (Å²) in [6.07, 6.45) is 0.